The van der Waals surface area contributed by atoms with E-state index in [1.54, 1.807) is 7.05 Å². The first kappa shape index (κ1) is 21.3. The van der Waals surface area contributed by atoms with Crippen LogP contribution >= 0.6 is 0 Å². The molecule has 0 saturated carbocycles. The lowest BCUT2D eigenvalue weighted by Crippen LogP contribution is -2.45. The summed E-state index contributed by atoms with van der Waals surface area (Å²) in [6.45, 7) is 4.61. The topological polar surface area (TPSA) is 42.9 Å². The molecular weight excluding hydrogens is 343 g/mol. The molecule has 2 rings (SSSR count). The van der Waals surface area contributed by atoms with Crippen LogP contribution in [0, 0.1) is 0 Å². The van der Waals surface area contributed by atoms with Crippen LogP contribution in [0.15, 0.2) is 4.99 Å². The molecule has 2 N–H and O–H groups in total. The minimum absolute atomic E-state index is 0.0302. The second-order valence-corrected chi connectivity index (χ2v) is 7.44. The largest absolute Gasteiger partial charge is 0.401 e. The van der Waals surface area contributed by atoms with Gasteiger partial charge in [-0.15, -0.1) is 0 Å². The van der Waals surface area contributed by atoms with E-state index in [2.05, 4.69) is 20.5 Å². The molecule has 0 amide bonds. The first-order valence-corrected chi connectivity index (χ1v) is 9.95. The Morgan fingerprint density at radius 3 is 2.50 bits per heavy atom. The van der Waals surface area contributed by atoms with Crippen molar-refractivity contribution in [1.82, 2.24) is 20.4 Å². The van der Waals surface area contributed by atoms with Crippen LogP contribution in [0.4, 0.5) is 13.2 Å². The van der Waals surface area contributed by atoms with Gasteiger partial charge >= 0.3 is 6.18 Å². The number of nitrogens with zero attached hydrogens (tertiary/aromatic N) is 3. The van der Waals surface area contributed by atoms with E-state index in [1.165, 1.54) is 56.6 Å². The highest BCUT2D eigenvalue weighted by molar-refractivity contribution is 5.79. The van der Waals surface area contributed by atoms with Crippen LogP contribution in [0.25, 0.3) is 0 Å². The average Bonchev–Trinajstić information content (AvgIpc) is 3.02. The quantitative estimate of drug-likeness (QED) is 0.387. The molecule has 1 atom stereocenters. The van der Waals surface area contributed by atoms with E-state index in [0.717, 1.165) is 13.0 Å². The molecule has 2 heterocycles. The van der Waals surface area contributed by atoms with Crippen molar-refractivity contribution >= 4 is 5.96 Å². The molecule has 0 aromatic rings. The highest BCUT2D eigenvalue weighted by Crippen LogP contribution is 2.19. The van der Waals surface area contributed by atoms with Gasteiger partial charge in [0.1, 0.15) is 0 Å². The van der Waals surface area contributed by atoms with E-state index >= 15 is 0 Å². The number of rotatable bonds is 8. The Morgan fingerprint density at radius 2 is 1.81 bits per heavy atom. The number of hydrogen-bond donors (Lipinski definition) is 2. The summed E-state index contributed by atoms with van der Waals surface area (Å²) in [5.74, 6) is 0.694. The Balaban J connectivity index is 1.52. The highest BCUT2D eigenvalue weighted by Gasteiger charge is 2.34. The third-order valence-electron chi connectivity index (χ3n) is 5.13. The van der Waals surface area contributed by atoms with Crippen LogP contribution in [0.3, 0.4) is 0 Å². The Morgan fingerprint density at radius 1 is 1.04 bits per heavy atom. The third-order valence-corrected chi connectivity index (χ3v) is 5.13. The molecule has 2 aliphatic heterocycles. The Bertz CT molecular complexity index is 422. The van der Waals surface area contributed by atoms with Gasteiger partial charge in [0.05, 0.1) is 6.54 Å². The smallest absolute Gasteiger partial charge is 0.356 e. The summed E-state index contributed by atoms with van der Waals surface area (Å²) in [6.07, 6.45) is 4.14. The second-order valence-electron chi connectivity index (χ2n) is 7.44. The van der Waals surface area contributed by atoms with Crippen molar-refractivity contribution in [3.63, 3.8) is 0 Å². The first-order chi connectivity index (χ1) is 12.5. The van der Waals surface area contributed by atoms with Gasteiger partial charge in [-0.1, -0.05) is 12.8 Å². The van der Waals surface area contributed by atoms with Crippen molar-refractivity contribution in [2.24, 2.45) is 4.99 Å². The van der Waals surface area contributed by atoms with E-state index in [0.29, 0.717) is 25.5 Å². The molecule has 0 radical (unpaired) electrons. The van der Waals surface area contributed by atoms with Crippen molar-refractivity contribution in [3.05, 3.63) is 0 Å². The molecule has 2 aliphatic rings. The number of hydrogen-bond acceptors (Lipinski definition) is 3. The summed E-state index contributed by atoms with van der Waals surface area (Å²) in [5.41, 5.74) is 0. The van der Waals surface area contributed by atoms with Crippen molar-refractivity contribution in [2.45, 2.75) is 57.2 Å². The van der Waals surface area contributed by atoms with Crippen LogP contribution in [0.2, 0.25) is 0 Å². The fourth-order valence-corrected chi connectivity index (χ4v) is 3.76. The molecule has 8 heteroatoms. The lowest BCUT2D eigenvalue weighted by Gasteiger charge is -2.26. The third kappa shape index (κ3) is 8.58. The van der Waals surface area contributed by atoms with E-state index in [-0.39, 0.29) is 6.04 Å². The highest BCUT2D eigenvalue weighted by atomic mass is 19.4. The van der Waals surface area contributed by atoms with Gasteiger partial charge in [0.15, 0.2) is 5.96 Å². The maximum atomic E-state index is 12.4. The molecule has 0 aromatic heterocycles. The summed E-state index contributed by atoms with van der Waals surface area (Å²) in [7, 11) is 1.70. The molecule has 1 unspecified atom stereocenters. The van der Waals surface area contributed by atoms with E-state index in [4.69, 9.17) is 0 Å². The van der Waals surface area contributed by atoms with Gasteiger partial charge in [0.2, 0.25) is 0 Å². The van der Waals surface area contributed by atoms with Crippen molar-refractivity contribution in [1.29, 1.82) is 0 Å². The second kappa shape index (κ2) is 11.0. The van der Waals surface area contributed by atoms with Gasteiger partial charge < -0.3 is 15.5 Å². The SMILES string of the molecule is CN=C(NCCCCCN1CCCCC1)NC1CCN(CC(F)(F)F)C1. The zero-order chi connectivity index (χ0) is 18.8. The number of aliphatic imine (C=N–C) groups is 1. The zero-order valence-electron chi connectivity index (χ0n) is 16.0. The number of halogens is 3. The summed E-state index contributed by atoms with van der Waals surface area (Å²) in [5, 5.41) is 6.53. The first-order valence-electron chi connectivity index (χ1n) is 9.95. The van der Waals surface area contributed by atoms with Crippen molar-refractivity contribution in [2.75, 3.05) is 52.9 Å². The van der Waals surface area contributed by atoms with E-state index < -0.39 is 12.7 Å². The fourth-order valence-electron chi connectivity index (χ4n) is 3.76. The Hall–Kier alpha value is -1.02. The summed E-state index contributed by atoms with van der Waals surface area (Å²) in [6, 6.07) is 0.0302. The van der Waals surface area contributed by atoms with Gasteiger partial charge in [-0.3, -0.25) is 9.89 Å². The standard InChI is InChI=1S/C18H34F3N5/c1-22-17(24-16-8-13-26(14-16)15-18(19,20)21)23-9-4-2-5-10-25-11-6-3-7-12-25/h16H,2-15H2,1H3,(H2,22,23,24). The molecule has 0 spiro atoms. The molecule has 0 aliphatic carbocycles. The molecule has 2 saturated heterocycles. The van der Waals surface area contributed by atoms with Gasteiger partial charge in [0.25, 0.3) is 0 Å². The van der Waals surface area contributed by atoms with Crippen molar-refractivity contribution < 1.29 is 13.2 Å². The predicted octanol–water partition coefficient (Wildman–Crippen LogP) is 2.44. The van der Waals surface area contributed by atoms with Crippen LogP contribution in [-0.4, -0.2) is 80.8 Å². The van der Waals surface area contributed by atoms with Crippen LogP contribution in [0.1, 0.15) is 44.9 Å². The lowest BCUT2D eigenvalue weighted by molar-refractivity contribution is -0.143. The van der Waals surface area contributed by atoms with E-state index in [1.807, 2.05) is 0 Å². The normalized spacial score (nSPS) is 23.4. The lowest BCUT2D eigenvalue weighted by atomic mass is 10.1. The fraction of sp³-hybridized carbons (Fsp3) is 0.944. The number of alkyl halides is 3. The van der Waals surface area contributed by atoms with E-state index in [9.17, 15) is 13.2 Å². The summed E-state index contributed by atoms with van der Waals surface area (Å²) < 4.78 is 37.3. The number of nitrogens with one attached hydrogen (secondary N) is 2. The number of unbranched alkanes of at least 4 members (excludes halogenated alkanes) is 2. The summed E-state index contributed by atoms with van der Waals surface area (Å²) in [4.78, 5) is 8.20. The average molecular weight is 377 g/mol. The van der Waals surface area contributed by atoms with Gasteiger partial charge in [-0.05, 0) is 51.7 Å². The molecule has 0 aromatic carbocycles. The molecular formula is C18H34F3N5. The number of piperidine rings is 1. The molecule has 26 heavy (non-hydrogen) atoms. The molecule has 2 fully saturated rings. The molecule has 0 bridgehead atoms. The van der Waals surface area contributed by atoms with Gasteiger partial charge in [0, 0.05) is 32.7 Å². The zero-order valence-corrected chi connectivity index (χ0v) is 16.0. The van der Waals surface area contributed by atoms with Crippen LogP contribution in [-0.2, 0) is 0 Å². The summed E-state index contributed by atoms with van der Waals surface area (Å²) >= 11 is 0. The van der Waals surface area contributed by atoms with Gasteiger partial charge in [-0.25, -0.2) is 0 Å². The Labute approximate surface area is 155 Å². The monoisotopic (exact) mass is 377 g/mol. The molecule has 152 valence electrons. The minimum Gasteiger partial charge on any atom is -0.356 e. The minimum atomic E-state index is -4.12. The number of likely N-dealkylation sites (tertiary alicyclic amines) is 2. The van der Waals surface area contributed by atoms with Crippen LogP contribution < -0.4 is 10.6 Å². The predicted molar refractivity (Wildman–Crippen MR) is 99.5 cm³/mol. The molecule has 5 nitrogen and oxygen atoms in total. The maximum Gasteiger partial charge on any atom is 0.401 e. The number of guanidine groups is 1. The van der Waals surface area contributed by atoms with Crippen LogP contribution in [0.5, 0.6) is 0 Å². The van der Waals surface area contributed by atoms with Crippen molar-refractivity contribution in [3.8, 4) is 0 Å². The van der Waals surface area contributed by atoms with Gasteiger partial charge in [-0.2, -0.15) is 13.2 Å². The maximum absolute atomic E-state index is 12.4. The Kier molecular flexibility index (Phi) is 8.98.